The van der Waals surface area contributed by atoms with E-state index < -0.39 is 5.97 Å². The van der Waals surface area contributed by atoms with Crippen molar-refractivity contribution in [1.82, 2.24) is 4.90 Å². The van der Waals surface area contributed by atoms with Crippen LogP contribution in [-0.4, -0.2) is 40.7 Å². The van der Waals surface area contributed by atoms with Crippen molar-refractivity contribution in [3.8, 4) is 11.5 Å². The molecule has 1 amide bonds. The molecule has 0 aliphatic carbocycles. The van der Waals surface area contributed by atoms with E-state index in [0.717, 1.165) is 11.1 Å². The van der Waals surface area contributed by atoms with E-state index in [1.54, 1.807) is 25.3 Å². The normalized spacial score (nSPS) is 15.5. The first-order valence-corrected chi connectivity index (χ1v) is 13.1. The van der Waals surface area contributed by atoms with Gasteiger partial charge >= 0.3 is 5.97 Å². The minimum absolute atomic E-state index is 0.176. The van der Waals surface area contributed by atoms with Crippen molar-refractivity contribution >= 4 is 56.5 Å². The van der Waals surface area contributed by atoms with Crippen molar-refractivity contribution in [3.05, 3.63) is 92.3 Å². The first-order chi connectivity index (χ1) is 17.7. The molecule has 3 aromatic rings. The van der Waals surface area contributed by atoms with Crippen LogP contribution in [0.15, 0.2) is 75.0 Å². The molecule has 1 aliphatic heterocycles. The lowest BCUT2D eigenvalue weighted by molar-refractivity contribution is -0.121. The van der Waals surface area contributed by atoms with Crippen LogP contribution in [0.2, 0.25) is 0 Å². The Morgan fingerprint density at radius 2 is 1.81 bits per heavy atom. The predicted molar refractivity (Wildman–Crippen MR) is 150 cm³/mol. The fourth-order valence-corrected chi connectivity index (χ4v) is 5.07. The molecule has 37 heavy (non-hydrogen) atoms. The minimum atomic E-state index is -1.00. The van der Waals surface area contributed by atoms with Gasteiger partial charge in [-0.15, -0.1) is 0 Å². The Hall–Kier alpha value is -3.56. The first-order valence-electron chi connectivity index (χ1n) is 11.5. The zero-order valence-electron chi connectivity index (χ0n) is 20.5. The smallest absolute Gasteiger partial charge is 0.335 e. The van der Waals surface area contributed by atoms with E-state index in [0.29, 0.717) is 44.9 Å². The number of hydrogen-bond acceptors (Lipinski definition) is 6. The fourth-order valence-electron chi connectivity index (χ4n) is 3.51. The second-order valence-electron chi connectivity index (χ2n) is 8.26. The monoisotopic (exact) mass is 580 g/mol. The quantitative estimate of drug-likeness (QED) is 0.299. The summed E-state index contributed by atoms with van der Waals surface area (Å²) in [5.74, 6) is -0.0120. The van der Waals surface area contributed by atoms with Gasteiger partial charge in [0.25, 0.3) is 5.91 Å². The van der Waals surface area contributed by atoms with Gasteiger partial charge in [-0.05, 0) is 95.1 Å². The van der Waals surface area contributed by atoms with Crippen molar-refractivity contribution in [2.75, 3.05) is 13.7 Å². The molecule has 7 nitrogen and oxygen atoms in total. The fraction of sp³-hybridized carbons (Fsp3) is 0.179. The van der Waals surface area contributed by atoms with Gasteiger partial charge in [-0.2, -0.15) is 0 Å². The number of benzene rings is 3. The second kappa shape index (κ2) is 11.7. The number of carboxylic acid groups (broad SMARTS) is 1. The zero-order valence-corrected chi connectivity index (χ0v) is 22.9. The van der Waals surface area contributed by atoms with E-state index in [4.69, 9.17) is 14.6 Å². The van der Waals surface area contributed by atoms with Crippen molar-refractivity contribution in [3.63, 3.8) is 0 Å². The second-order valence-corrected chi connectivity index (χ2v) is 10.1. The molecular weight excluding hydrogens is 556 g/mol. The molecule has 1 fully saturated rings. The van der Waals surface area contributed by atoms with Gasteiger partial charge in [0, 0.05) is 7.05 Å². The highest BCUT2D eigenvalue weighted by Gasteiger charge is 2.30. The maximum Gasteiger partial charge on any atom is 0.335 e. The first kappa shape index (κ1) is 26.5. The molecule has 0 spiro atoms. The number of amidine groups is 1. The van der Waals surface area contributed by atoms with Crippen LogP contribution in [0.5, 0.6) is 11.5 Å². The summed E-state index contributed by atoms with van der Waals surface area (Å²) < 4.78 is 12.7. The van der Waals surface area contributed by atoms with Gasteiger partial charge in [0.05, 0.1) is 27.2 Å². The predicted octanol–water partition coefficient (Wildman–Crippen LogP) is 6.67. The largest absolute Gasteiger partial charge is 0.490 e. The number of amides is 1. The van der Waals surface area contributed by atoms with Crippen LogP contribution in [0.3, 0.4) is 0 Å². The summed E-state index contributed by atoms with van der Waals surface area (Å²) in [6.07, 6.45) is 1.79. The summed E-state index contributed by atoms with van der Waals surface area (Å²) in [5, 5.41) is 9.57. The van der Waals surface area contributed by atoms with E-state index >= 15 is 0 Å². The van der Waals surface area contributed by atoms with E-state index in [-0.39, 0.29) is 11.5 Å². The Bertz CT molecular complexity index is 1380. The number of likely N-dealkylation sites (N-methyl/N-ethyl adjacent to an activating group) is 1. The van der Waals surface area contributed by atoms with Gasteiger partial charge in [0.2, 0.25) is 0 Å². The molecule has 190 valence electrons. The van der Waals surface area contributed by atoms with Crippen LogP contribution in [0.4, 0.5) is 5.69 Å². The summed E-state index contributed by atoms with van der Waals surface area (Å²) >= 11 is 4.85. The Morgan fingerprint density at radius 3 is 2.46 bits per heavy atom. The van der Waals surface area contributed by atoms with Gasteiger partial charge in [-0.3, -0.25) is 9.69 Å². The maximum atomic E-state index is 12.9. The highest BCUT2D eigenvalue weighted by Crippen LogP contribution is 2.40. The molecule has 0 unspecified atom stereocenters. The van der Waals surface area contributed by atoms with Gasteiger partial charge in [-0.1, -0.05) is 29.8 Å². The molecular formula is C28H25BrN2O5S. The molecule has 1 heterocycles. The zero-order chi connectivity index (χ0) is 26.5. The molecule has 1 N–H and O–H groups in total. The van der Waals surface area contributed by atoms with Gasteiger partial charge in [0.15, 0.2) is 16.7 Å². The van der Waals surface area contributed by atoms with E-state index in [2.05, 4.69) is 20.9 Å². The van der Waals surface area contributed by atoms with Crippen LogP contribution >= 0.6 is 27.7 Å². The van der Waals surface area contributed by atoms with Crippen LogP contribution in [0.1, 0.15) is 34.0 Å². The number of ether oxygens (including phenoxy) is 2. The van der Waals surface area contributed by atoms with Crippen molar-refractivity contribution in [2.24, 2.45) is 4.99 Å². The number of carbonyl (C=O) groups excluding carboxylic acids is 1. The number of halogens is 1. The highest BCUT2D eigenvalue weighted by atomic mass is 79.9. The Balaban J connectivity index is 1.57. The third kappa shape index (κ3) is 6.42. The molecule has 0 atom stereocenters. The molecule has 3 aromatic carbocycles. The summed E-state index contributed by atoms with van der Waals surface area (Å²) in [6, 6.07) is 18.1. The van der Waals surface area contributed by atoms with Crippen molar-refractivity contribution in [1.29, 1.82) is 0 Å². The third-order valence-electron chi connectivity index (χ3n) is 5.48. The standard InChI is InChI=1S/C28H25BrN2O5S/c1-4-35-23-14-19(13-22(29)25(23)36-16-18-7-5-17(2)6-8-18)15-24-26(32)31(3)28(37-24)30-21-11-9-20(10-12-21)27(33)34/h5-15H,4,16H2,1-3H3,(H,33,34). The van der Waals surface area contributed by atoms with Crippen molar-refractivity contribution in [2.45, 2.75) is 20.5 Å². The minimum Gasteiger partial charge on any atom is -0.490 e. The van der Waals surface area contributed by atoms with E-state index in [1.807, 2.05) is 50.2 Å². The Kier molecular flexibility index (Phi) is 8.35. The SMILES string of the molecule is CCOc1cc(C=C2SC(=Nc3ccc(C(=O)O)cc3)N(C)C2=O)cc(Br)c1OCc1ccc(C)cc1. The van der Waals surface area contributed by atoms with E-state index in [9.17, 15) is 9.59 Å². The number of thioether (sulfide) groups is 1. The summed E-state index contributed by atoms with van der Waals surface area (Å²) in [7, 11) is 1.66. The summed E-state index contributed by atoms with van der Waals surface area (Å²) in [5.41, 5.74) is 3.74. The number of nitrogens with zero attached hydrogens (tertiary/aromatic N) is 2. The molecule has 0 radical (unpaired) electrons. The highest BCUT2D eigenvalue weighted by molar-refractivity contribution is 9.10. The topological polar surface area (TPSA) is 88.4 Å². The average Bonchev–Trinajstić information content (AvgIpc) is 3.12. The lowest BCUT2D eigenvalue weighted by Crippen LogP contribution is -2.23. The Morgan fingerprint density at radius 1 is 1.11 bits per heavy atom. The molecule has 9 heteroatoms. The lowest BCUT2D eigenvalue weighted by Gasteiger charge is -2.15. The average molecular weight is 581 g/mol. The van der Waals surface area contributed by atoms with Gasteiger partial charge in [-0.25, -0.2) is 9.79 Å². The Labute approximate surface area is 227 Å². The van der Waals surface area contributed by atoms with Gasteiger partial charge < -0.3 is 14.6 Å². The van der Waals surface area contributed by atoms with Crippen LogP contribution < -0.4 is 9.47 Å². The maximum absolute atomic E-state index is 12.9. The molecule has 1 aliphatic rings. The van der Waals surface area contributed by atoms with E-state index in [1.165, 1.54) is 34.4 Å². The molecule has 1 saturated heterocycles. The summed E-state index contributed by atoms with van der Waals surface area (Å²) in [6.45, 7) is 4.80. The molecule has 4 rings (SSSR count). The third-order valence-corrected chi connectivity index (χ3v) is 7.12. The number of aryl methyl sites for hydroxylation is 1. The van der Waals surface area contributed by atoms with Crippen molar-refractivity contribution < 1.29 is 24.2 Å². The number of carboxylic acids is 1. The molecule has 0 aromatic heterocycles. The number of aromatic carboxylic acids is 1. The van der Waals surface area contributed by atoms with Crippen LogP contribution in [-0.2, 0) is 11.4 Å². The van der Waals surface area contributed by atoms with Gasteiger partial charge in [0.1, 0.15) is 6.61 Å². The molecule has 0 saturated carbocycles. The number of rotatable bonds is 8. The molecule has 0 bridgehead atoms. The lowest BCUT2D eigenvalue weighted by atomic mass is 10.1. The summed E-state index contributed by atoms with van der Waals surface area (Å²) in [4.78, 5) is 30.5. The number of aliphatic imine (C=N–C) groups is 1. The number of hydrogen-bond donors (Lipinski definition) is 1. The van der Waals surface area contributed by atoms with Crippen LogP contribution in [0, 0.1) is 6.92 Å². The van der Waals surface area contributed by atoms with Crippen LogP contribution in [0.25, 0.3) is 6.08 Å². The number of carbonyl (C=O) groups is 2.